The van der Waals surface area contributed by atoms with Crippen LogP contribution >= 0.6 is 0 Å². The Labute approximate surface area is 113 Å². The molecule has 4 nitrogen and oxygen atoms in total. The molecule has 0 aliphatic carbocycles. The van der Waals surface area contributed by atoms with Crippen molar-refractivity contribution in [1.82, 2.24) is 15.2 Å². The average molecular weight is 265 g/mol. The zero-order valence-electron chi connectivity index (χ0n) is 11.2. The van der Waals surface area contributed by atoms with Crippen molar-refractivity contribution >= 4 is 5.91 Å². The maximum atomic E-state index is 12.7. The van der Waals surface area contributed by atoms with Gasteiger partial charge in [0.05, 0.1) is 5.56 Å². The van der Waals surface area contributed by atoms with Crippen LogP contribution in [0.3, 0.4) is 0 Å². The molecule has 1 aromatic rings. The van der Waals surface area contributed by atoms with Gasteiger partial charge in [0, 0.05) is 18.8 Å². The first-order valence-electron chi connectivity index (χ1n) is 6.80. The Bertz CT molecular complexity index is 415. The van der Waals surface area contributed by atoms with Gasteiger partial charge in [-0.1, -0.05) is 6.42 Å². The van der Waals surface area contributed by atoms with Crippen LogP contribution in [0.4, 0.5) is 4.39 Å². The fraction of sp³-hybridized carbons (Fsp3) is 0.571. The average Bonchev–Trinajstić information content (AvgIpc) is 2.46. The largest absolute Gasteiger partial charge is 0.350 e. The Hall–Kier alpha value is -1.49. The van der Waals surface area contributed by atoms with Crippen LogP contribution in [0.1, 0.15) is 36.5 Å². The van der Waals surface area contributed by atoms with Crippen LogP contribution in [-0.2, 0) is 0 Å². The lowest BCUT2D eigenvalue weighted by molar-refractivity contribution is 0.0929. The van der Waals surface area contributed by atoms with E-state index in [4.69, 9.17) is 0 Å². The monoisotopic (exact) mass is 265 g/mol. The fourth-order valence-corrected chi connectivity index (χ4v) is 2.34. The van der Waals surface area contributed by atoms with E-state index >= 15 is 0 Å². The molecule has 0 aromatic carbocycles. The van der Waals surface area contributed by atoms with Crippen molar-refractivity contribution in [3.05, 3.63) is 29.8 Å². The number of carbonyl (C=O) groups is 1. The van der Waals surface area contributed by atoms with Gasteiger partial charge in [-0.15, -0.1) is 0 Å². The standard InChI is InChI=1S/C14H20FN3O/c1-11(18-7-3-2-4-8-18)9-17-14(19)12-5-6-13(15)16-10-12/h5-6,10-11H,2-4,7-9H2,1H3,(H,17,19). The molecule has 0 bridgehead atoms. The third-order valence-electron chi connectivity index (χ3n) is 3.56. The second-order valence-electron chi connectivity index (χ2n) is 5.03. The molecule has 1 amide bonds. The highest BCUT2D eigenvalue weighted by atomic mass is 19.1. The zero-order chi connectivity index (χ0) is 13.7. The summed E-state index contributed by atoms with van der Waals surface area (Å²) in [6, 6.07) is 2.98. The van der Waals surface area contributed by atoms with Crippen LogP contribution in [0.15, 0.2) is 18.3 Å². The van der Waals surface area contributed by atoms with E-state index in [1.165, 1.54) is 37.6 Å². The summed E-state index contributed by atoms with van der Waals surface area (Å²) in [5, 5.41) is 2.87. The molecule has 19 heavy (non-hydrogen) atoms. The predicted octanol–water partition coefficient (Wildman–Crippen LogP) is 1.82. The van der Waals surface area contributed by atoms with Gasteiger partial charge in [0.2, 0.25) is 5.95 Å². The minimum atomic E-state index is -0.571. The third-order valence-corrected chi connectivity index (χ3v) is 3.56. The van der Waals surface area contributed by atoms with Crippen LogP contribution in [0.25, 0.3) is 0 Å². The maximum absolute atomic E-state index is 12.7. The molecule has 1 fully saturated rings. The van der Waals surface area contributed by atoms with Gasteiger partial charge >= 0.3 is 0 Å². The lowest BCUT2D eigenvalue weighted by atomic mass is 10.1. The molecule has 0 spiro atoms. The normalized spacial score (nSPS) is 18.0. The van der Waals surface area contributed by atoms with Crippen molar-refractivity contribution in [3.8, 4) is 0 Å². The van der Waals surface area contributed by atoms with E-state index in [-0.39, 0.29) is 5.91 Å². The summed E-state index contributed by atoms with van der Waals surface area (Å²) in [6.07, 6.45) is 5.04. The lowest BCUT2D eigenvalue weighted by Gasteiger charge is -2.32. The number of piperidine rings is 1. The van der Waals surface area contributed by atoms with Gasteiger partial charge in [0.25, 0.3) is 5.91 Å². The molecule has 2 heterocycles. The number of rotatable bonds is 4. The van der Waals surface area contributed by atoms with Gasteiger partial charge in [-0.05, 0) is 45.0 Å². The minimum absolute atomic E-state index is 0.198. The first-order valence-corrected chi connectivity index (χ1v) is 6.80. The van der Waals surface area contributed by atoms with Crippen molar-refractivity contribution in [2.75, 3.05) is 19.6 Å². The van der Waals surface area contributed by atoms with Gasteiger partial charge < -0.3 is 5.32 Å². The number of carbonyl (C=O) groups excluding carboxylic acids is 1. The topological polar surface area (TPSA) is 45.2 Å². The molecule has 1 saturated heterocycles. The fourth-order valence-electron chi connectivity index (χ4n) is 2.34. The van der Waals surface area contributed by atoms with Crippen molar-refractivity contribution in [2.24, 2.45) is 0 Å². The second-order valence-corrected chi connectivity index (χ2v) is 5.03. The molecular weight excluding hydrogens is 245 g/mol. The van der Waals surface area contributed by atoms with Crippen molar-refractivity contribution in [3.63, 3.8) is 0 Å². The SMILES string of the molecule is CC(CNC(=O)c1ccc(F)nc1)N1CCCCC1. The third kappa shape index (κ3) is 3.99. The lowest BCUT2D eigenvalue weighted by Crippen LogP contribution is -2.44. The molecule has 1 atom stereocenters. The predicted molar refractivity (Wildman–Crippen MR) is 71.4 cm³/mol. The summed E-state index contributed by atoms with van der Waals surface area (Å²) < 4.78 is 12.7. The molecule has 1 unspecified atom stereocenters. The Balaban J connectivity index is 1.81. The highest BCUT2D eigenvalue weighted by Crippen LogP contribution is 2.11. The Morgan fingerprint density at radius 1 is 1.42 bits per heavy atom. The van der Waals surface area contributed by atoms with E-state index in [0.29, 0.717) is 18.2 Å². The number of hydrogen-bond acceptors (Lipinski definition) is 3. The minimum Gasteiger partial charge on any atom is -0.350 e. The summed E-state index contributed by atoms with van der Waals surface area (Å²) >= 11 is 0. The van der Waals surface area contributed by atoms with E-state index in [2.05, 4.69) is 22.1 Å². The molecule has 0 saturated carbocycles. The summed E-state index contributed by atoms with van der Waals surface area (Å²) in [5.41, 5.74) is 0.396. The first-order chi connectivity index (χ1) is 9.16. The van der Waals surface area contributed by atoms with Crippen LogP contribution < -0.4 is 5.32 Å². The second kappa shape index (κ2) is 6.61. The number of halogens is 1. The van der Waals surface area contributed by atoms with E-state index in [0.717, 1.165) is 13.1 Å². The molecule has 1 aromatic heterocycles. The molecule has 1 aliphatic rings. The molecule has 2 rings (SSSR count). The number of nitrogens with one attached hydrogen (secondary N) is 1. The first kappa shape index (κ1) is 13.9. The molecule has 1 N–H and O–H groups in total. The van der Waals surface area contributed by atoms with Gasteiger partial charge in [-0.2, -0.15) is 4.39 Å². The molecule has 5 heteroatoms. The van der Waals surface area contributed by atoms with Crippen LogP contribution in [0.5, 0.6) is 0 Å². The summed E-state index contributed by atoms with van der Waals surface area (Å²) in [4.78, 5) is 17.7. The van der Waals surface area contributed by atoms with Crippen molar-refractivity contribution < 1.29 is 9.18 Å². The maximum Gasteiger partial charge on any atom is 0.252 e. The Morgan fingerprint density at radius 2 is 2.16 bits per heavy atom. The van der Waals surface area contributed by atoms with E-state index < -0.39 is 5.95 Å². The summed E-state index contributed by atoms with van der Waals surface area (Å²) in [5.74, 6) is -0.769. The van der Waals surface area contributed by atoms with Gasteiger partial charge in [-0.3, -0.25) is 9.69 Å². The molecule has 1 aliphatic heterocycles. The van der Waals surface area contributed by atoms with Gasteiger partial charge in [0.15, 0.2) is 0 Å². The van der Waals surface area contributed by atoms with E-state index in [1.54, 1.807) is 0 Å². The smallest absolute Gasteiger partial charge is 0.252 e. The van der Waals surface area contributed by atoms with Crippen LogP contribution in [0.2, 0.25) is 0 Å². The van der Waals surface area contributed by atoms with Crippen LogP contribution in [0, 0.1) is 5.95 Å². The van der Waals surface area contributed by atoms with Gasteiger partial charge in [-0.25, -0.2) is 4.98 Å². The van der Waals surface area contributed by atoms with Crippen molar-refractivity contribution in [1.29, 1.82) is 0 Å². The van der Waals surface area contributed by atoms with E-state index in [1.807, 2.05) is 0 Å². The number of amides is 1. The highest BCUT2D eigenvalue weighted by Gasteiger charge is 2.17. The number of pyridine rings is 1. The zero-order valence-corrected chi connectivity index (χ0v) is 11.2. The Kier molecular flexibility index (Phi) is 4.85. The number of nitrogens with zero attached hydrogens (tertiary/aromatic N) is 2. The van der Waals surface area contributed by atoms with Crippen LogP contribution in [-0.4, -0.2) is 41.5 Å². The van der Waals surface area contributed by atoms with Gasteiger partial charge in [0.1, 0.15) is 0 Å². The molecule has 104 valence electrons. The Morgan fingerprint density at radius 3 is 2.79 bits per heavy atom. The quantitative estimate of drug-likeness (QED) is 0.845. The van der Waals surface area contributed by atoms with Crippen molar-refractivity contribution in [2.45, 2.75) is 32.2 Å². The number of likely N-dealkylation sites (tertiary alicyclic amines) is 1. The number of hydrogen-bond donors (Lipinski definition) is 1. The summed E-state index contributed by atoms with van der Waals surface area (Å²) in [6.45, 7) is 4.94. The molecule has 0 radical (unpaired) electrons. The molecular formula is C14H20FN3O. The number of aromatic nitrogens is 1. The highest BCUT2D eigenvalue weighted by molar-refractivity contribution is 5.93. The van der Waals surface area contributed by atoms with E-state index in [9.17, 15) is 9.18 Å². The summed E-state index contributed by atoms with van der Waals surface area (Å²) in [7, 11) is 0.